The van der Waals surface area contributed by atoms with Gasteiger partial charge in [-0.05, 0) is 30.7 Å². The average molecular weight is 396 g/mol. The number of para-hydroxylation sites is 1. The molecule has 0 aliphatic carbocycles. The highest BCUT2D eigenvalue weighted by atomic mass is 79.9. The minimum atomic E-state index is 0.518. The van der Waals surface area contributed by atoms with Crippen molar-refractivity contribution in [3.05, 3.63) is 75.2 Å². The highest BCUT2D eigenvalue weighted by Crippen LogP contribution is 2.27. The van der Waals surface area contributed by atoms with Crippen LogP contribution >= 0.6 is 27.3 Å². The molecular formula is C19H14BrN3S. The Hall–Kier alpha value is -2.42. The summed E-state index contributed by atoms with van der Waals surface area (Å²) in [5, 5.41) is 15.3. The van der Waals surface area contributed by atoms with Gasteiger partial charge in [0.25, 0.3) is 0 Å². The van der Waals surface area contributed by atoms with Crippen molar-refractivity contribution in [3.8, 4) is 17.3 Å². The highest BCUT2D eigenvalue weighted by molar-refractivity contribution is 9.10. The molecule has 3 rings (SSSR count). The number of nitrogens with one attached hydrogen (secondary N) is 1. The predicted octanol–water partition coefficient (Wildman–Crippen LogP) is 5.86. The number of hydrogen-bond donors (Lipinski definition) is 1. The average Bonchev–Trinajstić information content (AvgIpc) is 3.07. The Morgan fingerprint density at radius 3 is 2.83 bits per heavy atom. The molecular weight excluding hydrogens is 382 g/mol. The van der Waals surface area contributed by atoms with Crippen LogP contribution in [0.25, 0.3) is 16.8 Å². The van der Waals surface area contributed by atoms with Crippen molar-refractivity contribution in [2.75, 3.05) is 5.32 Å². The first-order chi connectivity index (χ1) is 11.7. The minimum absolute atomic E-state index is 0.518. The normalized spacial score (nSPS) is 11.1. The molecule has 2 aromatic carbocycles. The summed E-state index contributed by atoms with van der Waals surface area (Å²) in [7, 11) is 0. The van der Waals surface area contributed by atoms with Gasteiger partial charge in [0.1, 0.15) is 16.6 Å². The van der Waals surface area contributed by atoms with E-state index in [4.69, 9.17) is 0 Å². The Bertz CT molecular complexity index is 938. The second-order valence-electron chi connectivity index (χ2n) is 5.18. The lowest BCUT2D eigenvalue weighted by molar-refractivity contribution is 1.36. The van der Waals surface area contributed by atoms with Gasteiger partial charge in [-0.15, -0.1) is 11.3 Å². The fourth-order valence-electron chi connectivity index (χ4n) is 2.20. The molecule has 0 spiro atoms. The zero-order valence-corrected chi connectivity index (χ0v) is 15.4. The number of nitriles is 1. The molecule has 0 unspecified atom stereocenters. The van der Waals surface area contributed by atoms with E-state index in [9.17, 15) is 5.26 Å². The van der Waals surface area contributed by atoms with Crippen LogP contribution in [0, 0.1) is 18.3 Å². The van der Waals surface area contributed by atoms with Crippen molar-refractivity contribution in [2.45, 2.75) is 6.92 Å². The Balaban J connectivity index is 1.86. The second-order valence-corrected chi connectivity index (χ2v) is 6.95. The number of allylic oxidation sites excluding steroid dienone is 1. The number of hydrogen-bond acceptors (Lipinski definition) is 4. The summed E-state index contributed by atoms with van der Waals surface area (Å²) in [5.74, 6) is 0. The van der Waals surface area contributed by atoms with Gasteiger partial charge in [0.05, 0.1) is 5.69 Å². The third-order valence-corrected chi connectivity index (χ3v) is 4.86. The smallest absolute Gasteiger partial charge is 0.136 e. The number of thiazole rings is 1. The first-order valence-electron chi connectivity index (χ1n) is 7.31. The van der Waals surface area contributed by atoms with Crippen LogP contribution in [0.4, 0.5) is 5.69 Å². The van der Waals surface area contributed by atoms with Crippen molar-refractivity contribution in [3.63, 3.8) is 0 Å². The monoisotopic (exact) mass is 395 g/mol. The zero-order valence-electron chi connectivity index (χ0n) is 13.0. The van der Waals surface area contributed by atoms with Gasteiger partial charge < -0.3 is 5.32 Å². The molecule has 0 saturated heterocycles. The van der Waals surface area contributed by atoms with Gasteiger partial charge in [0.2, 0.25) is 0 Å². The third kappa shape index (κ3) is 3.73. The Morgan fingerprint density at radius 2 is 2.08 bits per heavy atom. The van der Waals surface area contributed by atoms with Crippen molar-refractivity contribution < 1.29 is 0 Å². The Labute approximate surface area is 153 Å². The lowest BCUT2D eigenvalue weighted by Gasteiger charge is -2.04. The maximum Gasteiger partial charge on any atom is 0.136 e. The molecule has 0 radical (unpaired) electrons. The number of anilines is 1. The van der Waals surface area contributed by atoms with Crippen LogP contribution in [-0.2, 0) is 0 Å². The third-order valence-electron chi connectivity index (χ3n) is 3.49. The molecule has 3 nitrogen and oxygen atoms in total. The van der Waals surface area contributed by atoms with Crippen molar-refractivity contribution in [2.24, 2.45) is 0 Å². The number of rotatable bonds is 4. The second kappa shape index (κ2) is 7.43. The number of benzene rings is 2. The Morgan fingerprint density at radius 1 is 1.25 bits per heavy atom. The molecule has 1 heterocycles. The SMILES string of the molecule is Cc1ccccc1NC=C(C#N)c1nc(-c2cccc(Br)c2)cs1. The summed E-state index contributed by atoms with van der Waals surface area (Å²) in [6.45, 7) is 2.02. The van der Waals surface area contributed by atoms with Gasteiger partial charge >= 0.3 is 0 Å². The molecule has 0 saturated carbocycles. The quantitative estimate of drug-likeness (QED) is 0.562. The molecule has 0 fully saturated rings. The molecule has 0 aliphatic heterocycles. The number of aryl methyl sites for hydroxylation is 1. The van der Waals surface area contributed by atoms with Crippen LogP contribution in [0.1, 0.15) is 10.6 Å². The standard InChI is InChI=1S/C19H14BrN3S/c1-13-5-2-3-8-17(13)22-11-15(10-21)19-23-18(12-24-19)14-6-4-7-16(20)9-14/h2-9,11-12,22H,1H3. The van der Waals surface area contributed by atoms with E-state index in [1.54, 1.807) is 6.20 Å². The van der Waals surface area contributed by atoms with Crippen LogP contribution < -0.4 is 5.32 Å². The maximum absolute atomic E-state index is 9.45. The number of halogens is 1. The molecule has 0 aliphatic rings. The summed E-state index contributed by atoms with van der Waals surface area (Å²) < 4.78 is 1.01. The van der Waals surface area contributed by atoms with Crippen molar-refractivity contribution >= 4 is 38.5 Å². The molecule has 5 heteroatoms. The molecule has 0 bridgehead atoms. The molecule has 1 aromatic heterocycles. The summed E-state index contributed by atoms with van der Waals surface area (Å²) in [5.41, 5.74) is 4.52. The largest absolute Gasteiger partial charge is 0.360 e. The number of nitrogens with zero attached hydrogens (tertiary/aromatic N) is 2. The van der Waals surface area contributed by atoms with Gasteiger partial charge in [-0.1, -0.05) is 46.3 Å². The zero-order chi connectivity index (χ0) is 16.9. The van der Waals surface area contributed by atoms with Crippen LogP contribution in [0.5, 0.6) is 0 Å². The van der Waals surface area contributed by atoms with E-state index >= 15 is 0 Å². The van der Waals surface area contributed by atoms with Crippen LogP contribution in [0.2, 0.25) is 0 Å². The summed E-state index contributed by atoms with van der Waals surface area (Å²) >= 11 is 4.93. The van der Waals surface area contributed by atoms with Crippen LogP contribution in [-0.4, -0.2) is 4.98 Å². The fraction of sp³-hybridized carbons (Fsp3) is 0.0526. The minimum Gasteiger partial charge on any atom is -0.360 e. The van der Waals surface area contributed by atoms with Gasteiger partial charge in [0, 0.05) is 27.3 Å². The van der Waals surface area contributed by atoms with E-state index in [0.717, 1.165) is 27.0 Å². The van der Waals surface area contributed by atoms with Crippen molar-refractivity contribution in [1.29, 1.82) is 5.26 Å². The van der Waals surface area contributed by atoms with E-state index in [-0.39, 0.29) is 0 Å². The fourth-order valence-corrected chi connectivity index (χ4v) is 3.40. The highest BCUT2D eigenvalue weighted by Gasteiger charge is 2.09. The van der Waals surface area contributed by atoms with E-state index in [1.165, 1.54) is 11.3 Å². The summed E-state index contributed by atoms with van der Waals surface area (Å²) in [6.07, 6.45) is 1.71. The number of aromatic nitrogens is 1. The summed E-state index contributed by atoms with van der Waals surface area (Å²) in [6, 6.07) is 18.1. The molecule has 0 amide bonds. The van der Waals surface area contributed by atoms with E-state index in [1.807, 2.05) is 60.8 Å². The van der Waals surface area contributed by atoms with Gasteiger partial charge in [-0.3, -0.25) is 0 Å². The molecule has 24 heavy (non-hydrogen) atoms. The maximum atomic E-state index is 9.45. The van der Waals surface area contributed by atoms with E-state index in [2.05, 4.69) is 32.3 Å². The molecule has 118 valence electrons. The van der Waals surface area contributed by atoms with Gasteiger partial charge in [-0.25, -0.2) is 4.98 Å². The molecule has 3 aromatic rings. The first kappa shape index (κ1) is 16.4. The lowest BCUT2D eigenvalue weighted by Crippen LogP contribution is -1.93. The van der Waals surface area contributed by atoms with Crippen molar-refractivity contribution in [1.82, 2.24) is 4.98 Å². The molecule has 0 atom stereocenters. The van der Waals surface area contributed by atoms with Crippen LogP contribution in [0.15, 0.2) is 64.6 Å². The van der Waals surface area contributed by atoms with Gasteiger partial charge in [0.15, 0.2) is 0 Å². The first-order valence-corrected chi connectivity index (χ1v) is 8.99. The Kier molecular flexibility index (Phi) is 5.09. The lowest BCUT2D eigenvalue weighted by atomic mass is 10.2. The topological polar surface area (TPSA) is 48.7 Å². The van der Waals surface area contributed by atoms with E-state index < -0.39 is 0 Å². The molecule has 1 N–H and O–H groups in total. The van der Waals surface area contributed by atoms with Gasteiger partial charge in [-0.2, -0.15) is 5.26 Å². The predicted molar refractivity (Wildman–Crippen MR) is 104 cm³/mol. The van der Waals surface area contributed by atoms with E-state index in [0.29, 0.717) is 10.6 Å². The summed E-state index contributed by atoms with van der Waals surface area (Å²) in [4.78, 5) is 4.59. The van der Waals surface area contributed by atoms with Crippen LogP contribution in [0.3, 0.4) is 0 Å².